The Kier molecular flexibility index (Phi) is 5.98. The van der Waals surface area contributed by atoms with Crippen LogP contribution >= 0.6 is 12.4 Å². The maximum Gasteiger partial charge on any atom is 0.123 e. The van der Waals surface area contributed by atoms with E-state index in [1.165, 1.54) is 5.69 Å². The van der Waals surface area contributed by atoms with Gasteiger partial charge >= 0.3 is 0 Å². The van der Waals surface area contributed by atoms with Crippen LogP contribution in [-0.4, -0.2) is 18.7 Å². The van der Waals surface area contributed by atoms with Gasteiger partial charge in [0, 0.05) is 30.4 Å². The van der Waals surface area contributed by atoms with Crippen molar-refractivity contribution in [3.8, 4) is 5.75 Å². The van der Waals surface area contributed by atoms with E-state index in [-0.39, 0.29) is 23.2 Å². The Morgan fingerprint density at radius 3 is 1.55 bits per heavy atom. The third-order valence-electron chi connectivity index (χ3n) is 3.63. The van der Waals surface area contributed by atoms with Gasteiger partial charge in [0.25, 0.3) is 0 Å². The molecule has 0 amide bonds. The largest absolute Gasteiger partial charge is 0.507 e. The van der Waals surface area contributed by atoms with Crippen LogP contribution in [0.25, 0.3) is 0 Å². The fourth-order valence-corrected chi connectivity index (χ4v) is 2.17. The van der Waals surface area contributed by atoms with Crippen molar-refractivity contribution in [3.63, 3.8) is 0 Å². The first-order valence-corrected chi connectivity index (χ1v) is 7.07. The van der Waals surface area contributed by atoms with Crippen LogP contribution in [0.1, 0.15) is 59.6 Å². The average molecular weight is 300 g/mol. The van der Waals surface area contributed by atoms with E-state index in [2.05, 4.69) is 72.5 Å². The first-order chi connectivity index (χ1) is 8.48. The van der Waals surface area contributed by atoms with Crippen molar-refractivity contribution in [3.05, 3.63) is 23.3 Å². The quantitative estimate of drug-likeness (QED) is 0.842. The van der Waals surface area contributed by atoms with Gasteiger partial charge in [-0.05, 0) is 29.9 Å². The van der Waals surface area contributed by atoms with Crippen LogP contribution in [0.2, 0.25) is 0 Å². The Morgan fingerprint density at radius 2 is 1.30 bits per heavy atom. The molecule has 0 bridgehead atoms. The zero-order valence-corrected chi connectivity index (χ0v) is 15.0. The molecule has 0 aliphatic rings. The number of benzene rings is 1. The molecule has 1 aromatic carbocycles. The molecule has 0 spiro atoms. The molecule has 0 atom stereocenters. The molecule has 1 aromatic rings. The maximum absolute atomic E-state index is 10.6. The van der Waals surface area contributed by atoms with Crippen molar-refractivity contribution in [1.29, 1.82) is 0 Å². The second-order valence-electron chi connectivity index (χ2n) is 7.40. The van der Waals surface area contributed by atoms with Gasteiger partial charge in [0.15, 0.2) is 0 Å². The lowest BCUT2D eigenvalue weighted by Crippen LogP contribution is -2.21. The molecule has 1 rings (SSSR count). The molecule has 2 nitrogen and oxygen atoms in total. The minimum Gasteiger partial charge on any atom is -0.507 e. The van der Waals surface area contributed by atoms with Gasteiger partial charge in [0.2, 0.25) is 0 Å². The average Bonchev–Trinajstić information content (AvgIpc) is 2.25. The molecule has 0 radical (unpaired) electrons. The van der Waals surface area contributed by atoms with Gasteiger partial charge in [0.05, 0.1) is 0 Å². The van der Waals surface area contributed by atoms with Crippen LogP contribution in [0, 0.1) is 0 Å². The number of hydrogen-bond acceptors (Lipinski definition) is 2. The fourth-order valence-electron chi connectivity index (χ4n) is 2.17. The summed E-state index contributed by atoms with van der Waals surface area (Å²) in [6.45, 7) is 16.0. The first-order valence-electron chi connectivity index (χ1n) is 7.07. The minimum absolute atomic E-state index is 0. The van der Waals surface area contributed by atoms with Crippen LogP contribution in [0.15, 0.2) is 12.1 Å². The standard InChI is InChI=1S/C17H29NO.ClH/c1-9-18(8)12-10-13(16(2,3)4)15(19)14(11-12)17(5,6)7;/h10-11,19H,9H2,1-8H3;1H. The van der Waals surface area contributed by atoms with Crippen molar-refractivity contribution in [2.24, 2.45) is 0 Å². The van der Waals surface area contributed by atoms with Crippen LogP contribution in [0.4, 0.5) is 5.69 Å². The van der Waals surface area contributed by atoms with Crippen LogP contribution < -0.4 is 4.90 Å². The summed E-state index contributed by atoms with van der Waals surface area (Å²) in [6, 6.07) is 4.24. The van der Waals surface area contributed by atoms with Crippen LogP contribution in [-0.2, 0) is 10.8 Å². The Hall–Kier alpha value is -0.890. The molecule has 0 heterocycles. The molecular weight excluding hydrogens is 270 g/mol. The molecule has 0 fully saturated rings. The summed E-state index contributed by atoms with van der Waals surface area (Å²) in [5.74, 6) is 0.452. The summed E-state index contributed by atoms with van der Waals surface area (Å²) < 4.78 is 0. The predicted molar refractivity (Wildman–Crippen MR) is 91.7 cm³/mol. The molecule has 116 valence electrons. The molecule has 20 heavy (non-hydrogen) atoms. The van der Waals surface area contributed by atoms with Gasteiger partial charge in [-0.15, -0.1) is 12.4 Å². The highest BCUT2D eigenvalue weighted by Crippen LogP contribution is 2.41. The van der Waals surface area contributed by atoms with Gasteiger partial charge in [-0.2, -0.15) is 0 Å². The summed E-state index contributed by atoms with van der Waals surface area (Å²) in [6.07, 6.45) is 0. The number of rotatable bonds is 2. The minimum atomic E-state index is -0.0608. The fraction of sp³-hybridized carbons (Fsp3) is 0.647. The van der Waals surface area contributed by atoms with E-state index >= 15 is 0 Å². The second-order valence-corrected chi connectivity index (χ2v) is 7.40. The van der Waals surface area contributed by atoms with Gasteiger partial charge in [-0.1, -0.05) is 41.5 Å². The zero-order chi connectivity index (χ0) is 15.0. The Labute approximate surface area is 130 Å². The first kappa shape index (κ1) is 19.1. The highest BCUT2D eigenvalue weighted by Gasteiger charge is 2.26. The van der Waals surface area contributed by atoms with E-state index in [0.717, 1.165) is 17.7 Å². The molecule has 0 saturated carbocycles. The summed E-state index contributed by atoms with van der Waals surface area (Å²) in [4.78, 5) is 2.21. The Morgan fingerprint density at radius 1 is 0.950 bits per heavy atom. The third-order valence-corrected chi connectivity index (χ3v) is 3.63. The van der Waals surface area contributed by atoms with Crippen molar-refractivity contribution >= 4 is 18.1 Å². The van der Waals surface area contributed by atoms with Crippen molar-refractivity contribution in [2.45, 2.75) is 59.3 Å². The highest BCUT2D eigenvalue weighted by molar-refractivity contribution is 5.85. The lowest BCUT2D eigenvalue weighted by atomic mass is 9.79. The van der Waals surface area contributed by atoms with Gasteiger partial charge in [0.1, 0.15) is 5.75 Å². The summed E-state index contributed by atoms with van der Waals surface area (Å²) >= 11 is 0. The van der Waals surface area contributed by atoms with Gasteiger partial charge in [-0.3, -0.25) is 0 Å². The van der Waals surface area contributed by atoms with Crippen LogP contribution in [0.3, 0.4) is 0 Å². The zero-order valence-electron chi connectivity index (χ0n) is 14.2. The van der Waals surface area contributed by atoms with E-state index in [9.17, 15) is 5.11 Å². The third kappa shape index (κ3) is 4.05. The molecule has 0 aliphatic heterocycles. The highest BCUT2D eigenvalue weighted by atomic mass is 35.5. The normalized spacial score (nSPS) is 12.0. The van der Waals surface area contributed by atoms with E-state index in [0.29, 0.717) is 5.75 Å². The maximum atomic E-state index is 10.6. The molecule has 0 aromatic heterocycles. The summed E-state index contributed by atoms with van der Waals surface area (Å²) in [5, 5.41) is 10.6. The topological polar surface area (TPSA) is 23.5 Å². The molecule has 0 unspecified atom stereocenters. The van der Waals surface area contributed by atoms with Crippen molar-refractivity contribution in [1.82, 2.24) is 0 Å². The molecule has 3 heteroatoms. The second kappa shape index (κ2) is 6.26. The number of anilines is 1. The molecule has 0 aliphatic carbocycles. The number of aromatic hydroxyl groups is 1. The monoisotopic (exact) mass is 299 g/mol. The van der Waals surface area contributed by atoms with E-state index < -0.39 is 0 Å². The van der Waals surface area contributed by atoms with Gasteiger partial charge < -0.3 is 10.0 Å². The van der Waals surface area contributed by atoms with Crippen molar-refractivity contribution in [2.75, 3.05) is 18.5 Å². The van der Waals surface area contributed by atoms with Crippen LogP contribution in [0.5, 0.6) is 5.75 Å². The van der Waals surface area contributed by atoms with E-state index in [1.807, 2.05) is 0 Å². The number of phenols is 1. The van der Waals surface area contributed by atoms with E-state index in [1.54, 1.807) is 0 Å². The number of halogens is 1. The molecular formula is C17H30ClNO. The van der Waals surface area contributed by atoms with Crippen molar-refractivity contribution < 1.29 is 5.11 Å². The smallest absolute Gasteiger partial charge is 0.123 e. The Balaban J connectivity index is 0.00000361. The number of nitrogens with zero attached hydrogens (tertiary/aromatic N) is 1. The summed E-state index contributed by atoms with van der Waals surface area (Å²) in [5.41, 5.74) is 3.10. The predicted octanol–water partition coefficient (Wildman–Crippen LogP) is 4.87. The lowest BCUT2D eigenvalue weighted by Gasteiger charge is -2.30. The SMILES string of the molecule is CCN(C)c1cc(C(C)(C)C)c(O)c(C(C)(C)C)c1.Cl. The number of hydrogen-bond donors (Lipinski definition) is 1. The Bertz CT molecular complexity index is 420. The lowest BCUT2D eigenvalue weighted by molar-refractivity contribution is 0.423. The molecule has 1 N–H and O–H groups in total. The molecule has 0 saturated heterocycles. The summed E-state index contributed by atoms with van der Waals surface area (Å²) in [7, 11) is 2.09. The van der Waals surface area contributed by atoms with Gasteiger partial charge in [-0.25, -0.2) is 0 Å². The number of phenolic OH excluding ortho intramolecular Hbond substituents is 1. The van der Waals surface area contributed by atoms with E-state index in [4.69, 9.17) is 0 Å².